The van der Waals surface area contributed by atoms with Crippen LogP contribution in [0.25, 0.3) is 0 Å². The van der Waals surface area contributed by atoms with Gasteiger partial charge in [0.1, 0.15) is 10.9 Å². The van der Waals surface area contributed by atoms with Crippen LogP contribution in [0, 0.1) is 5.41 Å². The molecule has 1 rings (SSSR count). The van der Waals surface area contributed by atoms with Crippen molar-refractivity contribution in [2.75, 3.05) is 13.7 Å². The number of aromatic nitrogens is 1. The smallest absolute Gasteiger partial charge is 0.360 e. The number of aldehydes is 1. The summed E-state index contributed by atoms with van der Waals surface area (Å²) in [7, 11) is 1.28. The summed E-state index contributed by atoms with van der Waals surface area (Å²) in [4.78, 5) is 26.4. The lowest BCUT2D eigenvalue weighted by molar-refractivity contribution is -0.115. The van der Waals surface area contributed by atoms with Crippen LogP contribution in [0.2, 0.25) is 0 Å². The molecule has 0 radical (unpaired) electrons. The van der Waals surface area contributed by atoms with E-state index in [1.165, 1.54) is 7.11 Å². The lowest BCUT2D eigenvalue weighted by Crippen LogP contribution is -2.18. The Balaban J connectivity index is 2.78. The van der Waals surface area contributed by atoms with Gasteiger partial charge in [-0.3, -0.25) is 0 Å². The van der Waals surface area contributed by atoms with Crippen LogP contribution >= 0.6 is 15.9 Å². The van der Waals surface area contributed by atoms with Crippen molar-refractivity contribution in [1.29, 1.82) is 0 Å². The molecule has 0 saturated carbocycles. The van der Waals surface area contributed by atoms with Crippen LogP contribution in [0.1, 0.15) is 30.8 Å². The van der Waals surface area contributed by atoms with Crippen molar-refractivity contribution in [1.82, 2.24) is 4.98 Å². The third-order valence-corrected chi connectivity index (χ3v) is 2.97. The fraction of sp³-hybridized carbons (Fsp3) is 0.462. The zero-order valence-corrected chi connectivity index (χ0v) is 12.7. The van der Waals surface area contributed by atoms with Crippen LogP contribution in [0.15, 0.2) is 16.7 Å². The zero-order chi connectivity index (χ0) is 14.5. The predicted octanol–water partition coefficient (Wildman–Crippen LogP) is 2.62. The van der Waals surface area contributed by atoms with E-state index in [1.54, 1.807) is 12.1 Å². The Morgan fingerprint density at radius 3 is 2.74 bits per heavy atom. The number of rotatable bonds is 6. The fourth-order valence-electron chi connectivity index (χ4n) is 1.26. The van der Waals surface area contributed by atoms with E-state index in [1.807, 2.05) is 13.8 Å². The Kier molecular flexibility index (Phi) is 5.47. The van der Waals surface area contributed by atoms with Gasteiger partial charge in [-0.2, -0.15) is 0 Å². The van der Waals surface area contributed by atoms with Gasteiger partial charge in [-0.05, 0) is 34.5 Å². The van der Waals surface area contributed by atoms with Gasteiger partial charge in [0.05, 0.1) is 13.7 Å². The fourth-order valence-corrected chi connectivity index (χ4v) is 1.57. The minimum absolute atomic E-state index is 0.112. The SMILES string of the molecule is COC(=O)c1nc(Br)ccc1OCCC(C)(C)C=O. The maximum atomic E-state index is 11.6. The van der Waals surface area contributed by atoms with Crippen molar-refractivity contribution in [3.05, 3.63) is 22.4 Å². The molecule has 0 aliphatic carbocycles. The van der Waals surface area contributed by atoms with E-state index in [2.05, 4.69) is 25.7 Å². The van der Waals surface area contributed by atoms with Crippen molar-refractivity contribution in [2.45, 2.75) is 20.3 Å². The number of carbonyl (C=O) groups excluding carboxylic acids is 2. The minimum Gasteiger partial charge on any atom is -0.491 e. The summed E-state index contributed by atoms with van der Waals surface area (Å²) in [5.41, 5.74) is -0.338. The first-order chi connectivity index (χ1) is 8.89. The first kappa shape index (κ1) is 15.6. The van der Waals surface area contributed by atoms with Crippen molar-refractivity contribution in [3.63, 3.8) is 0 Å². The molecule has 0 N–H and O–H groups in total. The van der Waals surface area contributed by atoms with Gasteiger partial charge < -0.3 is 14.3 Å². The molecule has 0 aliphatic heterocycles. The topological polar surface area (TPSA) is 65.5 Å². The van der Waals surface area contributed by atoms with Gasteiger partial charge in [0.25, 0.3) is 0 Å². The number of hydrogen-bond acceptors (Lipinski definition) is 5. The summed E-state index contributed by atoms with van der Waals surface area (Å²) >= 11 is 3.18. The van der Waals surface area contributed by atoms with Crippen LogP contribution in [0.4, 0.5) is 0 Å². The summed E-state index contributed by atoms with van der Waals surface area (Å²) in [5, 5.41) is 0. The number of carbonyl (C=O) groups is 2. The molecule has 0 amide bonds. The third-order valence-electron chi connectivity index (χ3n) is 2.53. The van der Waals surface area contributed by atoms with Gasteiger partial charge in [-0.25, -0.2) is 9.78 Å². The van der Waals surface area contributed by atoms with Gasteiger partial charge >= 0.3 is 5.97 Å². The van der Waals surface area contributed by atoms with Crippen molar-refractivity contribution >= 4 is 28.2 Å². The van der Waals surface area contributed by atoms with E-state index in [-0.39, 0.29) is 5.69 Å². The normalized spacial score (nSPS) is 10.9. The molecule has 0 unspecified atom stereocenters. The van der Waals surface area contributed by atoms with E-state index in [9.17, 15) is 9.59 Å². The van der Waals surface area contributed by atoms with Crippen molar-refractivity contribution in [2.24, 2.45) is 5.41 Å². The monoisotopic (exact) mass is 329 g/mol. The minimum atomic E-state index is -0.564. The van der Waals surface area contributed by atoms with Crippen molar-refractivity contribution < 1.29 is 19.1 Å². The zero-order valence-electron chi connectivity index (χ0n) is 11.1. The van der Waals surface area contributed by atoms with Gasteiger partial charge in [0.15, 0.2) is 11.4 Å². The molecule has 1 heterocycles. The summed E-state index contributed by atoms with van der Waals surface area (Å²) in [6.45, 7) is 3.97. The lowest BCUT2D eigenvalue weighted by atomic mass is 9.92. The number of nitrogens with zero attached hydrogens (tertiary/aromatic N) is 1. The molecule has 0 saturated heterocycles. The van der Waals surface area contributed by atoms with Crippen LogP contribution in [0.5, 0.6) is 5.75 Å². The van der Waals surface area contributed by atoms with E-state index in [0.29, 0.717) is 23.4 Å². The Morgan fingerprint density at radius 1 is 1.47 bits per heavy atom. The van der Waals surface area contributed by atoms with E-state index >= 15 is 0 Å². The van der Waals surface area contributed by atoms with E-state index in [0.717, 1.165) is 6.29 Å². The molecule has 0 atom stereocenters. The second-order valence-electron chi connectivity index (χ2n) is 4.68. The molecular formula is C13H16BrNO4. The molecule has 0 spiro atoms. The molecule has 104 valence electrons. The van der Waals surface area contributed by atoms with Crippen LogP contribution in [-0.2, 0) is 9.53 Å². The maximum Gasteiger partial charge on any atom is 0.360 e. The van der Waals surface area contributed by atoms with Gasteiger partial charge in [0.2, 0.25) is 0 Å². The largest absolute Gasteiger partial charge is 0.491 e. The number of ether oxygens (including phenoxy) is 2. The number of halogens is 1. The van der Waals surface area contributed by atoms with Gasteiger partial charge in [-0.1, -0.05) is 13.8 Å². The quantitative estimate of drug-likeness (QED) is 0.456. The molecule has 1 aromatic heterocycles. The summed E-state index contributed by atoms with van der Waals surface area (Å²) in [5.74, 6) is -0.220. The third kappa shape index (κ3) is 4.63. The number of methoxy groups -OCH3 is 1. The maximum absolute atomic E-state index is 11.6. The van der Waals surface area contributed by atoms with Crippen LogP contribution in [-0.4, -0.2) is 31.0 Å². The van der Waals surface area contributed by atoms with Crippen LogP contribution < -0.4 is 4.74 Å². The highest BCUT2D eigenvalue weighted by Crippen LogP contribution is 2.22. The lowest BCUT2D eigenvalue weighted by Gasteiger charge is -2.17. The van der Waals surface area contributed by atoms with E-state index in [4.69, 9.17) is 4.74 Å². The molecule has 19 heavy (non-hydrogen) atoms. The molecule has 0 aromatic carbocycles. The van der Waals surface area contributed by atoms with Crippen molar-refractivity contribution in [3.8, 4) is 5.75 Å². The standard InChI is InChI=1S/C13H16BrNO4/c1-13(2,8-16)6-7-19-9-4-5-10(14)15-11(9)12(17)18-3/h4-5,8H,6-7H2,1-3H3. The Morgan fingerprint density at radius 2 is 2.16 bits per heavy atom. The van der Waals surface area contributed by atoms with E-state index < -0.39 is 11.4 Å². The molecular weight excluding hydrogens is 314 g/mol. The summed E-state index contributed by atoms with van der Waals surface area (Å²) < 4.78 is 10.7. The average Bonchev–Trinajstić information content (AvgIpc) is 2.39. The second-order valence-corrected chi connectivity index (χ2v) is 5.49. The average molecular weight is 330 g/mol. The summed E-state index contributed by atoms with van der Waals surface area (Å²) in [6.07, 6.45) is 1.44. The highest BCUT2D eigenvalue weighted by atomic mass is 79.9. The molecule has 0 bridgehead atoms. The number of pyridine rings is 1. The molecule has 0 aliphatic rings. The number of hydrogen-bond donors (Lipinski definition) is 0. The Bertz CT molecular complexity index is 474. The van der Waals surface area contributed by atoms with Crippen LogP contribution in [0.3, 0.4) is 0 Å². The van der Waals surface area contributed by atoms with Gasteiger partial charge in [0, 0.05) is 5.41 Å². The van der Waals surface area contributed by atoms with Gasteiger partial charge in [-0.15, -0.1) is 0 Å². The predicted molar refractivity (Wildman–Crippen MR) is 73.2 cm³/mol. The first-order valence-electron chi connectivity index (χ1n) is 5.73. The highest BCUT2D eigenvalue weighted by Gasteiger charge is 2.19. The highest BCUT2D eigenvalue weighted by molar-refractivity contribution is 9.10. The molecule has 6 heteroatoms. The first-order valence-corrected chi connectivity index (χ1v) is 6.53. The Labute approximate surface area is 120 Å². The summed E-state index contributed by atoms with van der Waals surface area (Å²) in [6, 6.07) is 3.31. The number of esters is 1. The molecule has 5 nitrogen and oxygen atoms in total. The Hall–Kier alpha value is -1.43. The molecule has 0 fully saturated rings. The second kappa shape index (κ2) is 6.65. The molecule has 1 aromatic rings.